The number of methoxy groups -OCH3 is 1. The Bertz CT molecular complexity index is 423. The third-order valence-electron chi connectivity index (χ3n) is 3.38. The lowest BCUT2D eigenvalue weighted by Crippen LogP contribution is -2.33. The molecule has 1 atom stereocenters. The summed E-state index contributed by atoms with van der Waals surface area (Å²) in [5.74, 6) is -0.169. The van der Waals surface area contributed by atoms with Crippen LogP contribution in [0.15, 0.2) is 36.9 Å². The van der Waals surface area contributed by atoms with E-state index in [1.54, 1.807) is 0 Å². The maximum absolute atomic E-state index is 12.1. The van der Waals surface area contributed by atoms with Crippen LogP contribution in [-0.4, -0.2) is 13.1 Å². The molecule has 1 aromatic rings. The van der Waals surface area contributed by atoms with Gasteiger partial charge in [0.2, 0.25) is 0 Å². The highest BCUT2D eigenvalue weighted by Crippen LogP contribution is 2.31. The Labute approximate surface area is 110 Å². The van der Waals surface area contributed by atoms with Gasteiger partial charge in [-0.25, -0.2) is 0 Å². The van der Waals surface area contributed by atoms with Crippen LogP contribution in [-0.2, 0) is 14.9 Å². The number of benzene rings is 1. The fourth-order valence-corrected chi connectivity index (χ4v) is 2.18. The standard InChI is InChI=1S/C16H22O2/c1-5-6-7-11-16(3,15(17)18-4)14-10-8-9-13(2)12-14/h5,8-10,12H,1,6-7,11H2,2-4H3. The highest BCUT2D eigenvalue weighted by atomic mass is 16.5. The Kier molecular flexibility index (Phi) is 5.14. The zero-order valence-corrected chi connectivity index (χ0v) is 11.5. The monoisotopic (exact) mass is 246 g/mol. The minimum absolute atomic E-state index is 0.169. The van der Waals surface area contributed by atoms with Crippen molar-refractivity contribution in [3.8, 4) is 0 Å². The van der Waals surface area contributed by atoms with Crippen molar-refractivity contribution in [2.75, 3.05) is 7.11 Å². The van der Waals surface area contributed by atoms with Crippen LogP contribution in [0.25, 0.3) is 0 Å². The van der Waals surface area contributed by atoms with Gasteiger partial charge in [0.15, 0.2) is 0 Å². The summed E-state index contributed by atoms with van der Waals surface area (Å²) >= 11 is 0. The predicted octanol–water partition coefficient (Wildman–Crippen LogP) is 3.78. The second kappa shape index (κ2) is 6.39. The van der Waals surface area contributed by atoms with Gasteiger partial charge in [0.25, 0.3) is 0 Å². The highest BCUT2D eigenvalue weighted by Gasteiger charge is 2.35. The smallest absolute Gasteiger partial charge is 0.315 e. The molecule has 0 N–H and O–H groups in total. The molecule has 0 aliphatic carbocycles. The molecule has 1 unspecified atom stereocenters. The first-order chi connectivity index (χ1) is 8.54. The molecule has 0 saturated heterocycles. The number of rotatable bonds is 6. The number of carbonyl (C=O) groups excluding carboxylic acids is 1. The molecule has 1 rings (SSSR count). The van der Waals surface area contributed by atoms with Crippen molar-refractivity contribution in [3.05, 3.63) is 48.0 Å². The van der Waals surface area contributed by atoms with E-state index in [2.05, 4.69) is 12.6 Å². The van der Waals surface area contributed by atoms with Crippen LogP contribution >= 0.6 is 0 Å². The molecule has 0 aliphatic heterocycles. The predicted molar refractivity (Wildman–Crippen MR) is 74.6 cm³/mol. The van der Waals surface area contributed by atoms with Crippen LogP contribution < -0.4 is 0 Å². The van der Waals surface area contributed by atoms with Crippen molar-refractivity contribution in [3.63, 3.8) is 0 Å². The van der Waals surface area contributed by atoms with Gasteiger partial charge in [-0.3, -0.25) is 4.79 Å². The number of esters is 1. The lowest BCUT2D eigenvalue weighted by atomic mass is 9.77. The second-order valence-corrected chi connectivity index (χ2v) is 4.87. The van der Waals surface area contributed by atoms with Gasteiger partial charge in [0, 0.05) is 0 Å². The molecule has 0 aromatic heterocycles. The first kappa shape index (κ1) is 14.5. The Morgan fingerprint density at radius 3 is 2.78 bits per heavy atom. The normalized spacial score (nSPS) is 13.7. The van der Waals surface area contributed by atoms with E-state index in [1.165, 1.54) is 7.11 Å². The van der Waals surface area contributed by atoms with Crippen LogP contribution in [0, 0.1) is 6.92 Å². The summed E-state index contributed by atoms with van der Waals surface area (Å²) < 4.78 is 4.98. The number of carbonyl (C=O) groups is 1. The van der Waals surface area contributed by atoms with E-state index >= 15 is 0 Å². The Morgan fingerprint density at radius 1 is 1.50 bits per heavy atom. The van der Waals surface area contributed by atoms with Gasteiger partial charge in [-0.2, -0.15) is 0 Å². The van der Waals surface area contributed by atoms with Crippen molar-refractivity contribution < 1.29 is 9.53 Å². The van der Waals surface area contributed by atoms with Gasteiger partial charge >= 0.3 is 5.97 Å². The van der Waals surface area contributed by atoms with Crippen LogP contribution in [0.2, 0.25) is 0 Å². The van der Waals surface area contributed by atoms with E-state index in [1.807, 2.05) is 38.1 Å². The van der Waals surface area contributed by atoms with Gasteiger partial charge in [-0.15, -0.1) is 6.58 Å². The number of unbranched alkanes of at least 4 members (excludes halogenated alkanes) is 1. The van der Waals surface area contributed by atoms with Crippen LogP contribution in [0.4, 0.5) is 0 Å². The molecule has 0 radical (unpaired) electrons. The average molecular weight is 246 g/mol. The SMILES string of the molecule is C=CCCCC(C)(C(=O)OC)c1cccc(C)c1. The Balaban J connectivity index is 3.03. The topological polar surface area (TPSA) is 26.3 Å². The quantitative estimate of drug-likeness (QED) is 0.434. The minimum Gasteiger partial charge on any atom is -0.468 e. The molecule has 0 saturated carbocycles. The first-order valence-electron chi connectivity index (χ1n) is 6.31. The van der Waals surface area contributed by atoms with Gasteiger partial charge < -0.3 is 4.74 Å². The molecule has 98 valence electrons. The number of hydrogen-bond donors (Lipinski definition) is 0. The molecule has 0 spiro atoms. The van der Waals surface area contributed by atoms with E-state index in [-0.39, 0.29) is 5.97 Å². The molecule has 1 aromatic carbocycles. The first-order valence-corrected chi connectivity index (χ1v) is 6.31. The summed E-state index contributed by atoms with van der Waals surface area (Å²) in [5, 5.41) is 0. The Morgan fingerprint density at radius 2 is 2.22 bits per heavy atom. The summed E-state index contributed by atoms with van der Waals surface area (Å²) in [4.78, 5) is 12.1. The summed E-state index contributed by atoms with van der Waals surface area (Å²) in [6.45, 7) is 7.70. The van der Waals surface area contributed by atoms with Gasteiger partial charge in [0.05, 0.1) is 12.5 Å². The molecular formula is C16H22O2. The molecule has 0 fully saturated rings. The fourth-order valence-electron chi connectivity index (χ4n) is 2.18. The maximum atomic E-state index is 12.1. The molecule has 0 aliphatic rings. The molecular weight excluding hydrogens is 224 g/mol. The van der Waals surface area contributed by atoms with Crippen LogP contribution in [0.1, 0.15) is 37.3 Å². The number of hydrogen-bond acceptors (Lipinski definition) is 2. The lowest BCUT2D eigenvalue weighted by molar-refractivity contribution is -0.147. The second-order valence-electron chi connectivity index (χ2n) is 4.87. The van der Waals surface area contributed by atoms with E-state index in [9.17, 15) is 4.79 Å². The third-order valence-corrected chi connectivity index (χ3v) is 3.38. The number of allylic oxidation sites excluding steroid dienone is 1. The fraction of sp³-hybridized carbons (Fsp3) is 0.438. The molecule has 0 heterocycles. The van der Waals surface area contributed by atoms with E-state index < -0.39 is 5.41 Å². The summed E-state index contributed by atoms with van der Waals surface area (Å²) in [7, 11) is 1.45. The summed E-state index contributed by atoms with van der Waals surface area (Å²) in [5.41, 5.74) is 1.62. The zero-order valence-electron chi connectivity index (χ0n) is 11.5. The van der Waals surface area contributed by atoms with Crippen molar-refractivity contribution in [1.82, 2.24) is 0 Å². The molecule has 2 heteroatoms. The molecule has 18 heavy (non-hydrogen) atoms. The van der Waals surface area contributed by atoms with Crippen LogP contribution in [0.5, 0.6) is 0 Å². The molecule has 0 bridgehead atoms. The third kappa shape index (κ3) is 3.22. The summed E-state index contributed by atoms with van der Waals surface area (Å²) in [6.07, 6.45) is 4.50. The number of ether oxygens (including phenoxy) is 1. The minimum atomic E-state index is -0.566. The average Bonchev–Trinajstić information content (AvgIpc) is 2.37. The highest BCUT2D eigenvalue weighted by molar-refractivity contribution is 5.82. The van der Waals surface area contributed by atoms with Crippen molar-refractivity contribution in [2.24, 2.45) is 0 Å². The van der Waals surface area contributed by atoms with E-state index in [0.717, 1.165) is 30.4 Å². The molecule has 0 amide bonds. The van der Waals surface area contributed by atoms with Gasteiger partial charge in [-0.05, 0) is 38.7 Å². The molecule has 2 nitrogen and oxygen atoms in total. The van der Waals surface area contributed by atoms with Crippen molar-refractivity contribution >= 4 is 5.97 Å². The van der Waals surface area contributed by atoms with E-state index in [0.29, 0.717) is 0 Å². The largest absolute Gasteiger partial charge is 0.468 e. The lowest BCUT2D eigenvalue weighted by Gasteiger charge is -2.27. The van der Waals surface area contributed by atoms with E-state index in [4.69, 9.17) is 4.74 Å². The maximum Gasteiger partial charge on any atom is 0.315 e. The van der Waals surface area contributed by atoms with Crippen LogP contribution in [0.3, 0.4) is 0 Å². The summed E-state index contributed by atoms with van der Waals surface area (Å²) in [6, 6.07) is 8.08. The number of aryl methyl sites for hydroxylation is 1. The Hall–Kier alpha value is -1.57. The van der Waals surface area contributed by atoms with Crippen molar-refractivity contribution in [2.45, 2.75) is 38.5 Å². The van der Waals surface area contributed by atoms with Crippen molar-refractivity contribution in [1.29, 1.82) is 0 Å². The van der Waals surface area contributed by atoms with Gasteiger partial charge in [0.1, 0.15) is 0 Å². The zero-order chi connectivity index (χ0) is 13.6. The van der Waals surface area contributed by atoms with Gasteiger partial charge in [-0.1, -0.05) is 35.9 Å².